The van der Waals surface area contributed by atoms with Gasteiger partial charge in [0.2, 0.25) is 0 Å². The number of benzene rings is 4. The molecule has 1 aliphatic rings. The van der Waals surface area contributed by atoms with E-state index in [2.05, 4.69) is 97.7 Å². The summed E-state index contributed by atoms with van der Waals surface area (Å²) < 4.78 is 13.1. The van der Waals surface area contributed by atoms with Crippen LogP contribution in [-0.4, -0.2) is 29.7 Å². The van der Waals surface area contributed by atoms with Gasteiger partial charge in [0.1, 0.15) is 0 Å². The standard InChI is InChI=1S/C34H38N2O3/c1-24(27-8-4-3-5-9-27)36(2)22-32-20-33(29-13-11-25(23-37)12-14-29)39-34(38-32)30-17-15-28(16-18-30)31-10-6-7-26(19-31)21-35/h3-19,24,32-34,37H,20-23,35H2,1-2H3/t24-,32+,33-,34-/m0/s1. The summed E-state index contributed by atoms with van der Waals surface area (Å²) in [5.74, 6) is 0. The van der Waals surface area contributed by atoms with Gasteiger partial charge in [-0.3, -0.25) is 4.90 Å². The Kier molecular flexibility index (Phi) is 8.87. The van der Waals surface area contributed by atoms with E-state index >= 15 is 0 Å². The molecule has 1 aliphatic heterocycles. The van der Waals surface area contributed by atoms with E-state index in [1.165, 1.54) is 5.56 Å². The predicted octanol–water partition coefficient (Wildman–Crippen LogP) is 6.54. The molecular weight excluding hydrogens is 484 g/mol. The number of rotatable bonds is 9. The molecule has 0 aromatic heterocycles. The predicted molar refractivity (Wildman–Crippen MR) is 156 cm³/mol. The van der Waals surface area contributed by atoms with E-state index in [9.17, 15) is 5.11 Å². The van der Waals surface area contributed by atoms with Crippen molar-refractivity contribution in [2.24, 2.45) is 5.73 Å². The van der Waals surface area contributed by atoms with Crippen LogP contribution in [0.1, 0.15) is 59.6 Å². The van der Waals surface area contributed by atoms with Gasteiger partial charge in [0.15, 0.2) is 6.29 Å². The van der Waals surface area contributed by atoms with Crippen LogP contribution in [0.15, 0.2) is 103 Å². The maximum absolute atomic E-state index is 9.49. The lowest BCUT2D eigenvalue weighted by atomic mass is 9.98. The average Bonchev–Trinajstić information content (AvgIpc) is 3.01. The molecule has 5 nitrogen and oxygen atoms in total. The van der Waals surface area contributed by atoms with E-state index in [-0.39, 0.29) is 24.9 Å². The second-order valence-corrected chi connectivity index (χ2v) is 10.4. The third-order valence-electron chi connectivity index (χ3n) is 7.73. The van der Waals surface area contributed by atoms with Gasteiger partial charge in [-0.05, 0) is 53.4 Å². The fourth-order valence-corrected chi connectivity index (χ4v) is 5.21. The number of aliphatic hydroxyl groups excluding tert-OH is 1. The van der Waals surface area contributed by atoms with Crippen molar-refractivity contribution in [2.45, 2.75) is 51.0 Å². The van der Waals surface area contributed by atoms with Crippen LogP contribution >= 0.6 is 0 Å². The third kappa shape index (κ3) is 6.64. The van der Waals surface area contributed by atoms with Crippen LogP contribution in [0.4, 0.5) is 0 Å². The van der Waals surface area contributed by atoms with Gasteiger partial charge in [0.05, 0.1) is 18.8 Å². The molecule has 0 bridgehead atoms. The normalized spacial score (nSPS) is 20.2. The molecule has 5 heteroatoms. The molecule has 0 unspecified atom stereocenters. The van der Waals surface area contributed by atoms with Crippen LogP contribution < -0.4 is 5.73 Å². The first-order chi connectivity index (χ1) is 19.0. The minimum atomic E-state index is -0.476. The van der Waals surface area contributed by atoms with E-state index < -0.39 is 6.29 Å². The second kappa shape index (κ2) is 12.7. The summed E-state index contributed by atoms with van der Waals surface area (Å²) in [6, 6.07) is 35.6. The molecule has 0 saturated carbocycles. The first-order valence-electron chi connectivity index (χ1n) is 13.7. The van der Waals surface area contributed by atoms with E-state index in [1.807, 2.05) is 24.3 Å². The highest BCUT2D eigenvalue weighted by molar-refractivity contribution is 5.64. The van der Waals surface area contributed by atoms with Crippen LogP contribution in [0, 0.1) is 0 Å². The molecule has 3 N–H and O–H groups in total. The topological polar surface area (TPSA) is 68.0 Å². The lowest BCUT2D eigenvalue weighted by Gasteiger charge is -2.39. The number of nitrogens with two attached hydrogens (primary N) is 1. The Labute approximate surface area is 231 Å². The summed E-state index contributed by atoms with van der Waals surface area (Å²) in [5.41, 5.74) is 13.5. The zero-order valence-corrected chi connectivity index (χ0v) is 22.7. The van der Waals surface area contributed by atoms with Gasteiger partial charge in [0.25, 0.3) is 0 Å². The van der Waals surface area contributed by atoms with Crippen LogP contribution in [-0.2, 0) is 22.6 Å². The smallest absolute Gasteiger partial charge is 0.184 e. The third-order valence-corrected chi connectivity index (χ3v) is 7.73. The van der Waals surface area contributed by atoms with Crippen LogP contribution in [0.3, 0.4) is 0 Å². The number of ether oxygens (including phenoxy) is 2. The first-order valence-corrected chi connectivity index (χ1v) is 13.7. The molecule has 0 aliphatic carbocycles. The molecule has 0 amide bonds. The number of aliphatic hydroxyl groups is 1. The fourth-order valence-electron chi connectivity index (χ4n) is 5.21. The van der Waals surface area contributed by atoms with Crippen molar-refractivity contribution in [3.8, 4) is 11.1 Å². The SMILES string of the molecule is C[C@@H](c1ccccc1)N(C)C[C@H]1C[C@@H](c2ccc(CO)cc2)O[C@@H](c2ccc(-c3cccc(CN)c3)cc2)O1. The summed E-state index contributed by atoms with van der Waals surface area (Å²) >= 11 is 0. The van der Waals surface area contributed by atoms with Crippen LogP contribution in [0.5, 0.6) is 0 Å². The molecule has 39 heavy (non-hydrogen) atoms. The van der Waals surface area contributed by atoms with Gasteiger partial charge >= 0.3 is 0 Å². The molecule has 202 valence electrons. The molecule has 4 aromatic carbocycles. The number of hydrogen-bond acceptors (Lipinski definition) is 5. The summed E-state index contributed by atoms with van der Waals surface area (Å²) in [5, 5.41) is 9.49. The highest BCUT2D eigenvalue weighted by Gasteiger charge is 2.33. The lowest BCUT2D eigenvalue weighted by molar-refractivity contribution is -0.253. The van der Waals surface area contributed by atoms with Gasteiger partial charge in [-0.25, -0.2) is 0 Å². The van der Waals surface area contributed by atoms with Gasteiger partial charge in [-0.1, -0.05) is 97.1 Å². The minimum Gasteiger partial charge on any atom is -0.392 e. The van der Waals surface area contributed by atoms with Crippen molar-refractivity contribution in [2.75, 3.05) is 13.6 Å². The Morgan fingerprint density at radius 3 is 2.23 bits per heavy atom. The van der Waals surface area contributed by atoms with Gasteiger partial charge in [0, 0.05) is 31.1 Å². The summed E-state index contributed by atoms with van der Waals surface area (Å²) in [6.45, 7) is 3.57. The Balaban J connectivity index is 1.37. The Morgan fingerprint density at radius 2 is 1.54 bits per heavy atom. The number of likely N-dealkylation sites (N-methyl/N-ethyl adjacent to an activating group) is 1. The summed E-state index contributed by atoms with van der Waals surface area (Å²) in [4.78, 5) is 2.35. The molecule has 1 fully saturated rings. The molecular formula is C34H38N2O3. The molecule has 0 radical (unpaired) electrons. The van der Waals surface area contributed by atoms with Crippen LogP contribution in [0.2, 0.25) is 0 Å². The van der Waals surface area contributed by atoms with E-state index in [1.54, 1.807) is 0 Å². The summed E-state index contributed by atoms with van der Waals surface area (Å²) in [6.07, 6.45) is 0.160. The van der Waals surface area contributed by atoms with Gasteiger partial charge in [-0.15, -0.1) is 0 Å². The molecule has 1 saturated heterocycles. The second-order valence-electron chi connectivity index (χ2n) is 10.4. The molecule has 5 rings (SSSR count). The maximum atomic E-state index is 9.49. The Hall–Kier alpha value is -3.32. The number of hydrogen-bond donors (Lipinski definition) is 2. The zero-order chi connectivity index (χ0) is 27.2. The van der Waals surface area contributed by atoms with Crippen molar-refractivity contribution in [3.63, 3.8) is 0 Å². The first kappa shape index (κ1) is 27.3. The quantitative estimate of drug-likeness (QED) is 0.261. The highest BCUT2D eigenvalue weighted by atomic mass is 16.7. The van der Waals surface area contributed by atoms with Crippen LogP contribution in [0.25, 0.3) is 11.1 Å². The highest BCUT2D eigenvalue weighted by Crippen LogP contribution is 2.39. The molecule has 0 spiro atoms. The summed E-state index contributed by atoms with van der Waals surface area (Å²) in [7, 11) is 2.15. The largest absolute Gasteiger partial charge is 0.392 e. The average molecular weight is 523 g/mol. The maximum Gasteiger partial charge on any atom is 0.184 e. The fraction of sp³-hybridized carbons (Fsp3) is 0.294. The van der Waals surface area contributed by atoms with Gasteiger partial charge in [-0.2, -0.15) is 0 Å². The van der Waals surface area contributed by atoms with Crippen molar-refractivity contribution >= 4 is 0 Å². The van der Waals surface area contributed by atoms with E-state index in [4.69, 9.17) is 15.2 Å². The zero-order valence-electron chi connectivity index (χ0n) is 22.7. The Morgan fingerprint density at radius 1 is 0.821 bits per heavy atom. The Bertz CT molecular complexity index is 1320. The molecule has 1 heterocycles. The molecule has 4 aromatic rings. The van der Waals surface area contributed by atoms with Crippen molar-refractivity contribution in [1.82, 2.24) is 4.90 Å². The van der Waals surface area contributed by atoms with Crippen molar-refractivity contribution in [1.29, 1.82) is 0 Å². The minimum absolute atomic E-state index is 0.0108. The van der Waals surface area contributed by atoms with Crippen molar-refractivity contribution < 1.29 is 14.6 Å². The number of nitrogens with zero attached hydrogens (tertiary/aromatic N) is 1. The monoisotopic (exact) mass is 522 g/mol. The van der Waals surface area contributed by atoms with E-state index in [0.717, 1.165) is 46.3 Å². The van der Waals surface area contributed by atoms with Crippen molar-refractivity contribution in [3.05, 3.63) is 131 Å². The lowest BCUT2D eigenvalue weighted by Crippen LogP contribution is -2.38. The van der Waals surface area contributed by atoms with E-state index in [0.29, 0.717) is 6.54 Å². The van der Waals surface area contributed by atoms with Gasteiger partial charge < -0.3 is 20.3 Å². The molecule has 4 atom stereocenters.